The molecule has 0 aliphatic carbocycles. The molecule has 90 valence electrons. The Morgan fingerprint density at radius 2 is 2.50 bits per heavy atom. The predicted molar refractivity (Wildman–Crippen MR) is 64.5 cm³/mol. The van der Waals surface area contributed by atoms with E-state index in [4.69, 9.17) is 4.74 Å². The summed E-state index contributed by atoms with van der Waals surface area (Å²) in [5.74, 6) is 1.61. The van der Waals surface area contributed by atoms with Gasteiger partial charge < -0.3 is 14.6 Å². The monoisotopic (exact) mass is 223 g/mol. The Balaban J connectivity index is 1.94. The van der Waals surface area contributed by atoms with Gasteiger partial charge in [-0.25, -0.2) is 4.98 Å². The number of imidazole rings is 1. The van der Waals surface area contributed by atoms with E-state index in [1.165, 1.54) is 12.8 Å². The molecule has 1 aromatic rings. The summed E-state index contributed by atoms with van der Waals surface area (Å²) in [5, 5.41) is 3.35. The number of hydrogen-bond acceptors (Lipinski definition) is 3. The van der Waals surface area contributed by atoms with E-state index in [9.17, 15) is 0 Å². The fourth-order valence-corrected chi connectivity index (χ4v) is 2.08. The molecule has 4 nitrogen and oxygen atoms in total. The van der Waals surface area contributed by atoms with Crippen molar-refractivity contribution in [1.82, 2.24) is 9.55 Å². The molecule has 1 aromatic heterocycles. The van der Waals surface area contributed by atoms with Gasteiger partial charge in [0.25, 0.3) is 0 Å². The average Bonchev–Trinajstić information content (AvgIpc) is 2.66. The minimum atomic E-state index is 0.420. The number of hydrogen-bond donors (Lipinski definition) is 1. The molecule has 1 atom stereocenters. The van der Waals surface area contributed by atoms with E-state index in [1.807, 2.05) is 12.4 Å². The zero-order valence-electron chi connectivity index (χ0n) is 10.1. The highest BCUT2D eigenvalue weighted by atomic mass is 16.5. The second-order valence-corrected chi connectivity index (χ2v) is 4.79. The molecule has 1 aliphatic rings. The molecule has 4 heteroatoms. The maximum absolute atomic E-state index is 5.50. The third kappa shape index (κ3) is 2.98. The molecule has 0 aromatic carbocycles. The SMILES string of the molecule is CC(C)Nc1nccn1CC1CCCOC1. The van der Waals surface area contributed by atoms with Gasteiger partial charge in [0.15, 0.2) is 0 Å². The number of nitrogens with one attached hydrogen (secondary N) is 1. The van der Waals surface area contributed by atoms with E-state index in [0.717, 1.165) is 25.7 Å². The van der Waals surface area contributed by atoms with Crippen LogP contribution >= 0.6 is 0 Å². The van der Waals surface area contributed by atoms with Gasteiger partial charge in [0.05, 0.1) is 6.61 Å². The lowest BCUT2D eigenvalue weighted by molar-refractivity contribution is 0.0485. The summed E-state index contributed by atoms with van der Waals surface area (Å²) in [4.78, 5) is 4.33. The molecule has 0 amide bonds. The van der Waals surface area contributed by atoms with Gasteiger partial charge in [-0.15, -0.1) is 0 Å². The van der Waals surface area contributed by atoms with Crippen LogP contribution in [0.5, 0.6) is 0 Å². The van der Waals surface area contributed by atoms with E-state index >= 15 is 0 Å². The first kappa shape index (κ1) is 11.5. The van der Waals surface area contributed by atoms with Crippen molar-refractivity contribution in [3.63, 3.8) is 0 Å². The maximum Gasteiger partial charge on any atom is 0.202 e. The molecule has 16 heavy (non-hydrogen) atoms. The first-order chi connectivity index (χ1) is 7.75. The van der Waals surface area contributed by atoms with Crippen molar-refractivity contribution in [2.24, 2.45) is 5.92 Å². The lowest BCUT2D eigenvalue weighted by Crippen LogP contribution is -2.23. The van der Waals surface area contributed by atoms with E-state index in [0.29, 0.717) is 12.0 Å². The zero-order chi connectivity index (χ0) is 11.4. The third-order valence-corrected chi connectivity index (χ3v) is 2.84. The highest BCUT2D eigenvalue weighted by molar-refractivity contribution is 5.26. The Hall–Kier alpha value is -1.03. The fraction of sp³-hybridized carbons (Fsp3) is 0.750. The largest absolute Gasteiger partial charge is 0.381 e. The molecular formula is C12H21N3O. The van der Waals surface area contributed by atoms with Crippen LogP contribution < -0.4 is 5.32 Å². The molecule has 0 bridgehead atoms. The maximum atomic E-state index is 5.50. The average molecular weight is 223 g/mol. The van der Waals surface area contributed by atoms with Gasteiger partial charge in [0, 0.05) is 37.5 Å². The minimum Gasteiger partial charge on any atom is -0.381 e. The van der Waals surface area contributed by atoms with Crippen LogP contribution in [0.4, 0.5) is 5.95 Å². The van der Waals surface area contributed by atoms with Crippen molar-refractivity contribution in [2.45, 2.75) is 39.3 Å². The van der Waals surface area contributed by atoms with Crippen molar-refractivity contribution >= 4 is 5.95 Å². The van der Waals surface area contributed by atoms with Crippen LogP contribution in [-0.2, 0) is 11.3 Å². The lowest BCUT2D eigenvalue weighted by Gasteiger charge is -2.23. The van der Waals surface area contributed by atoms with E-state index < -0.39 is 0 Å². The number of nitrogens with zero attached hydrogens (tertiary/aromatic N) is 2. The molecule has 1 saturated heterocycles. The summed E-state index contributed by atoms with van der Waals surface area (Å²) in [6.45, 7) is 7.08. The van der Waals surface area contributed by atoms with E-state index in [-0.39, 0.29) is 0 Å². The van der Waals surface area contributed by atoms with Crippen molar-refractivity contribution in [3.05, 3.63) is 12.4 Å². The van der Waals surface area contributed by atoms with Crippen LogP contribution in [0.1, 0.15) is 26.7 Å². The summed E-state index contributed by atoms with van der Waals surface area (Å²) >= 11 is 0. The van der Waals surface area contributed by atoms with Crippen LogP contribution in [0.2, 0.25) is 0 Å². The topological polar surface area (TPSA) is 39.1 Å². The summed E-state index contributed by atoms with van der Waals surface area (Å²) in [6.07, 6.45) is 6.35. The first-order valence-electron chi connectivity index (χ1n) is 6.11. The van der Waals surface area contributed by atoms with Crippen LogP contribution in [0.25, 0.3) is 0 Å². The van der Waals surface area contributed by atoms with Crippen LogP contribution in [0.15, 0.2) is 12.4 Å². The second kappa shape index (κ2) is 5.34. The second-order valence-electron chi connectivity index (χ2n) is 4.79. The third-order valence-electron chi connectivity index (χ3n) is 2.84. The standard InChI is InChI=1S/C12H21N3O/c1-10(2)14-12-13-5-6-15(12)8-11-4-3-7-16-9-11/h5-6,10-11H,3-4,7-9H2,1-2H3,(H,13,14). The highest BCUT2D eigenvalue weighted by Crippen LogP contribution is 2.18. The highest BCUT2D eigenvalue weighted by Gasteiger charge is 2.15. The molecule has 2 heterocycles. The Kier molecular flexibility index (Phi) is 3.83. The van der Waals surface area contributed by atoms with Crippen LogP contribution in [0, 0.1) is 5.92 Å². The first-order valence-corrected chi connectivity index (χ1v) is 6.11. The van der Waals surface area contributed by atoms with Gasteiger partial charge >= 0.3 is 0 Å². The van der Waals surface area contributed by atoms with Crippen molar-refractivity contribution in [1.29, 1.82) is 0 Å². The molecule has 0 radical (unpaired) electrons. The lowest BCUT2D eigenvalue weighted by atomic mass is 10.0. The molecule has 0 spiro atoms. The molecule has 2 rings (SSSR count). The molecule has 1 unspecified atom stereocenters. The summed E-state index contributed by atoms with van der Waals surface area (Å²) in [6, 6.07) is 0.420. The number of rotatable bonds is 4. The Bertz CT molecular complexity index is 316. The van der Waals surface area contributed by atoms with E-state index in [2.05, 4.69) is 28.7 Å². The van der Waals surface area contributed by atoms with Crippen LogP contribution in [0.3, 0.4) is 0 Å². The molecular weight excluding hydrogens is 202 g/mol. The van der Waals surface area contributed by atoms with E-state index in [1.54, 1.807) is 0 Å². The molecule has 1 aliphatic heterocycles. The normalized spacial score (nSPS) is 21.3. The number of aromatic nitrogens is 2. The summed E-state index contributed by atoms with van der Waals surface area (Å²) < 4.78 is 7.69. The Labute approximate surface area is 97.0 Å². The summed E-state index contributed by atoms with van der Waals surface area (Å²) in [7, 11) is 0. The van der Waals surface area contributed by atoms with Gasteiger partial charge in [0.1, 0.15) is 0 Å². The smallest absolute Gasteiger partial charge is 0.202 e. The van der Waals surface area contributed by atoms with Gasteiger partial charge in [0.2, 0.25) is 5.95 Å². The minimum absolute atomic E-state index is 0.420. The van der Waals surface area contributed by atoms with Gasteiger partial charge in [-0.2, -0.15) is 0 Å². The van der Waals surface area contributed by atoms with Gasteiger partial charge in [-0.05, 0) is 26.7 Å². The Morgan fingerprint density at radius 1 is 1.62 bits per heavy atom. The zero-order valence-corrected chi connectivity index (χ0v) is 10.1. The molecule has 1 fully saturated rings. The van der Waals surface area contributed by atoms with Crippen molar-refractivity contribution < 1.29 is 4.74 Å². The fourth-order valence-electron chi connectivity index (χ4n) is 2.08. The van der Waals surface area contributed by atoms with Crippen LogP contribution in [-0.4, -0.2) is 28.8 Å². The van der Waals surface area contributed by atoms with Gasteiger partial charge in [-0.1, -0.05) is 0 Å². The molecule has 1 N–H and O–H groups in total. The molecule has 0 saturated carbocycles. The van der Waals surface area contributed by atoms with Crippen molar-refractivity contribution in [3.8, 4) is 0 Å². The quantitative estimate of drug-likeness (QED) is 0.850. The van der Waals surface area contributed by atoms with Crippen molar-refractivity contribution in [2.75, 3.05) is 18.5 Å². The Morgan fingerprint density at radius 3 is 3.19 bits per heavy atom. The number of anilines is 1. The number of ether oxygens (including phenoxy) is 1. The predicted octanol–water partition coefficient (Wildman–Crippen LogP) is 2.13. The van der Waals surface area contributed by atoms with Gasteiger partial charge in [-0.3, -0.25) is 0 Å². The summed E-state index contributed by atoms with van der Waals surface area (Å²) in [5.41, 5.74) is 0.